The van der Waals surface area contributed by atoms with Gasteiger partial charge in [-0.15, -0.1) is 0 Å². The third-order valence-corrected chi connectivity index (χ3v) is 2.67. The van der Waals surface area contributed by atoms with E-state index in [4.69, 9.17) is 10.5 Å². The number of nitrogens with two attached hydrogens (primary N) is 1. The highest BCUT2D eigenvalue weighted by Gasteiger charge is 2.14. The SMILES string of the molecule is NCCCNC(=O)CCC1CCCCO1. The van der Waals surface area contributed by atoms with Gasteiger partial charge in [0.15, 0.2) is 0 Å². The maximum Gasteiger partial charge on any atom is 0.220 e. The molecule has 0 aromatic rings. The number of ether oxygens (including phenoxy) is 1. The molecule has 0 spiro atoms. The molecular formula is C11H22N2O2. The van der Waals surface area contributed by atoms with Crippen molar-refractivity contribution in [1.82, 2.24) is 5.32 Å². The molecule has 1 aliphatic rings. The molecule has 1 fully saturated rings. The largest absolute Gasteiger partial charge is 0.378 e. The van der Waals surface area contributed by atoms with Crippen LogP contribution in [-0.4, -0.2) is 31.7 Å². The van der Waals surface area contributed by atoms with Crippen LogP contribution in [0.1, 0.15) is 38.5 Å². The Morgan fingerprint density at radius 3 is 3.00 bits per heavy atom. The Hall–Kier alpha value is -0.610. The minimum atomic E-state index is 0.123. The minimum absolute atomic E-state index is 0.123. The number of carbonyl (C=O) groups is 1. The highest BCUT2D eigenvalue weighted by Crippen LogP contribution is 2.16. The van der Waals surface area contributed by atoms with E-state index in [1.807, 2.05) is 0 Å². The maximum atomic E-state index is 11.4. The molecule has 0 aromatic carbocycles. The lowest BCUT2D eigenvalue weighted by atomic mass is 10.0. The zero-order valence-electron chi connectivity index (χ0n) is 9.34. The van der Waals surface area contributed by atoms with Gasteiger partial charge in [-0.05, 0) is 38.6 Å². The Morgan fingerprint density at radius 2 is 2.33 bits per heavy atom. The molecule has 1 rings (SSSR count). The van der Waals surface area contributed by atoms with Gasteiger partial charge < -0.3 is 15.8 Å². The summed E-state index contributed by atoms with van der Waals surface area (Å²) in [6.45, 7) is 2.19. The summed E-state index contributed by atoms with van der Waals surface area (Å²) in [5.41, 5.74) is 5.33. The summed E-state index contributed by atoms with van der Waals surface area (Å²) < 4.78 is 5.55. The average Bonchev–Trinajstić information content (AvgIpc) is 2.28. The molecular weight excluding hydrogens is 192 g/mol. The predicted octanol–water partition coefficient (Wildman–Crippen LogP) is 0.801. The second-order valence-electron chi connectivity index (χ2n) is 4.02. The molecule has 4 nitrogen and oxygen atoms in total. The summed E-state index contributed by atoms with van der Waals surface area (Å²) >= 11 is 0. The smallest absolute Gasteiger partial charge is 0.220 e. The third kappa shape index (κ3) is 5.74. The van der Waals surface area contributed by atoms with Crippen LogP contribution in [0.2, 0.25) is 0 Å². The van der Waals surface area contributed by atoms with E-state index in [0.29, 0.717) is 25.6 Å². The topological polar surface area (TPSA) is 64.3 Å². The molecule has 0 radical (unpaired) electrons. The monoisotopic (exact) mass is 214 g/mol. The van der Waals surface area contributed by atoms with E-state index in [9.17, 15) is 4.79 Å². The quantitative estimate of drug-likeness (QED) is 0.643. The van der Waals surface area contributed by atoms with E-state index in [0.717, 1.165) is 25.9 Å². The first-order chi connectivity index (χ1) is 7.33. The van der Waals surface area contributed by atoms with Gasteiger partial charge >= 0.3 is 0 Å². The van der Waals surface area contributed by atoms with Gasteiger partial charge in [-0.25, -0.2) is 0 Å². The first-order valence-corrected chi connectivity index (χ1v) is 5.91. The zero-order valence-corrected chi connectivity index (χ0v) is 9.34. The van der Waals surface area contributed by atoms with Crippen LogP contribution in [-0.2, 0) is 9.53 Å². The molecule has 1 saturated heterocycles. The standard InChI is InChI=1S/C11H22N2O2/c12-7-3-8-13-11(14)6-5-10-4-1-2-9-15-10/h10H,1-9,12H2,(H,13,14). The zero-order chi connectivity index (χ0) is 10.9. The number of hydrogen-bond acceptors (Lipinski definition) is 3. The lowest BCUT2D eigenvalue weighted by molar-refractivity contribution is -0.122. The van der Waals surface area contributed by atoms with E-state index in [1.54, 1.807) is 0 Å². The average molecular weight is 214 g/mol. The second kappa shape index (κ2) is 7.65. The summed E-state index contributed by atoms with van der Waals surface area (Å²) in [4.78, 5) is 11.4. The molecule has 0 bridgehead atoms. The van der Waals surface area contributed by atoms with Gasteiger partial charge in [0.05, 0.1) is 6.10 Å². The molecule has 88 valence electrons. The van der Waals surface area contributed by atoms with Crippen molar-refractivity contribution in [2.75, 3.05) is 19.7 Å². The summed E-state index contributed by atoms with van der Waals surface area (Å²) in [6.07, 6.45) is 6.10. The Bertz CT molecular complexity index is 179. The van der Waals surface area contributed by atoms with Crippen molar-refractivity contribution in [1.29, 1.82) is 0 Å². The van der Waals surface area contributed by atoms with Crippen LogP contribution < -0.4 is 11.1 Å². The van der Waals surface area contributed by atoms with Crippen molar-refractivity contribution in [3.05, 3.63) is 0 Å². The molecule has 3 N–H and O–H groups in total. The molecule has 4 heteroatoms. The molecule has 1 aliphatic heterocycles. The molecule has 15 heavy (non-hydrogen) atoms. The van der Waals surface area contributed by atoms with Gasteiger partial charge in [0.1, 0.15) is 0 Å². The van der Waals surface area contributed by atoms with Crippen molar-refractivity contribution >= 4 is 5.91 Å². The Labute approximate surface area is 91.5 Å². The van der Waals surface area contributed by atoms with Gasteiger partial charge in [-0.1, -0.05) is 0 Å². The summed E-state index contributed by atoms with van der Waals surface area (Å²) in [5, 5.41) is 2.85. The molecule has 1 unspecified atom stereocenters. The fraction of sp³-hybridized carbons (Fsp3) is 0.909. The number of nitrogens with one attached hydrogen (secondary N) is 1. The number of carbonyl (C=O) groups excluding carboxylic acids is 1. The Kier molecular flexibility index (Phi) is 6.36. The molecule has 0 aromatic heterocycles. The van der Waals surface area contributed by atoms with Crippen LogP contribution >= 0.6 is 0 Å². The first-order valence-electron chi connectivity index (χ1n) is 5.91. The van der Waals surface area contributed by atoms with E-state index < -0.39 is 0 Å². The van der Waals surface area contributed by atoms with E-state index >= 15 is 0 Å². The van der Waals surface area contributed by atoms with Crippen LogP contribution in [0.15, 0.2) is 0 Å². The van der Waals surface area contributed by atoms with Crippen LogP contribution in [0.5, 0.6) is 0 Å². The van der Waals surface area contributed by atoms with Crippen LogP contribution in [0.4, 0.5) is 0 Å². The fourth-order valence-corrected chi connectivity index (χ4v) is 1.75. The Balaban J connectivity index is 2.00. The van der Waals surface area contributed by atoms with Crippen molar-refractivity contribution in [2.45, 2.75) is 44.6 Å². The molecule has 1 amide bonds. The highest BCUT2D eigenvalue weighted by molar-refractivity contribution is 5.75. The van der Waals surface area contributed by atoms with Gasteiger partial charge in [0.25, 0.3) is 0 Å². The van der Waals surface area contributed by atoms with Crippen molar-refractivity contribution in [3.63, 3.8) is 0 Å². The molecule has 0 aliphatic carbocycles. The number of hydrogen-bond donors (Lipinski definition) is 2. The Morgan fingerprint density at radius 1 is 1.47 bits per heavy atom. The lowest BCUT2D eigenvalue weighted by Crippen LogP contribution is -2.28. The number of rotatable bonds is 6. The van der Waals surface area contributed by atoms with Crippen molar-refractivity contribution < 1.29 is 9.53 Å². The predicted molar refractivity (Wildman–Crippen MR) is 59.5 cm³/mol. The van der Waals surface area contributed by atoms with Crippen molar-refractivity contribution in [2.24, 2.45) is 5.73 Å². The van der Waals surface area contributed by atoms with E-state index in [-0.39, 0.29) is 5.91 Å². The van der Waals surface area contributed by atoms with E-state index in [1.165, 1.54) is 12.8 Å². The molecule has 1 heterocycles. The van der Waals surface area contributed by atoms with Gasteiger partial charge in [-0.2, -0.15) is 0 Å². The van der Waals surface area contributed by atoms with Gasteiger partial charge in [0.2, 0.25) is 5.91 Å². The molecule has 0 saturated carbocycles. The van der Waals surface area contributed by atoms with Crippen molar-refractivity contribution in [3.8, 4) is 0 Å². The second-order valence-corrected chi connectivity index (χ2v) is 4.02. The van der Waals surface area contributed by atoms with E-state index in [2.05, 4.69) is 5.32 Å². The summed E-state index contributed by atoms with van der Waals surface area (Å²) in [5.74, 6) is 0.123. The third-order valence-electron chi connectivity index (χ3n) is 2.67. The fourth-order valence-electron chi connectivity index (χ4n) is 1.75. The minimum Gasteiger partial charge on any atom is -0.378 e. The lowest BCUT2D eigenvalue weighted by Gasteiger charge is -2.22. The first kappa shape index (κ1) is 12.5. The van der Waals surface area contributed by atoms with Gasteiger partial charge in [-0.3, -0.25) is 4.79 Å². The van der Waals surface area contributed by atoms with Gasteiger partial charge in [0, 0.05) is 19.6 Å². The molecule has 1 atom stereocenters. The van der Waals surface area contributed by atoms with Crippen LogP contribution in [0.3, 0.4) is 0 Å². The highest BCUT2D eigenvalue weighted by atomic mass is 16.5. The van der Waals surface area contributed by atoms with Crippen LogP contribution in [0, 0.1) is 0 Å². The normalized spacial score (nSPS) is 21.3. The summed E-state index contributed by atoms with van der Waals surface area (Å²) in [6, 6.07) is 0. The maximum absolute atomic E-state index is 11.4. The number of amides is 1. The summed E-state index contributed by atoms with van der Waals surface area (Å²) in [7, 11) is 0. The van der Waals surface area contributed by atoms with Crippen LogP contribution in [0.25, 0.3) is 0 Å².